The molecule has 0 spiro atoms. The fourth-order valence-corrected chi connectivity index (χ4v) is 9.29. The number of alkyl carbamates (subject to hydrolysis) is 2. The topological polar surface area (TPSA) is 184 Å². The highest BCUT2D eigenvalue weighted by Gasteiger charge is 2.41. The molecule has 15 nitrogen and oxygen atoms in total. The van der Waals surface area contributed by atoms with Crippen molar-refractivity contribution >= 4 is 34.8 Å². The Morgan fingerprint density at radius 1 is 0.639 bits per heavy atom. The van der Waals surface area contributed by atoms with Gasteiger partial charge in [-0.3, -0.25) is 9.59 Å². The molecule has 1 unspecified atom stereocenters. The Bertz CT molecular complexity index is 2370. The zero-order valence-electron chi connectivity index (χ0n) is 35.1. The van der Waals surface area contributed by atoms with E-state index < -0.39 is 30.4 Å². The monoisotopic (exact) mass is 830 g/mol. The van der Waals surface area contributed by atoms with Crippen LogP contribution in [0.5, 0.6) is 0 Å². The van der Waals surface area contributed by atoms with Gasteiger partial charge in [-0.1, -0.05) is 61.4 Å². The van der Waals surface area contributed by atoms with Crippen LogP contribution in [0.4, 0.5) is 9.59 Å². The van der Waals surface area contributed by atoms with E-state index in [1.807, 2.05) is 11.1 Å². The normalized spacial score (nSPS) is 19.5. The lowest BCUT2D eigenvalue weighted by molar-refractivity contribution is -0.137. The van der Waals surface area contributed by atoms with Crippen molar-refractivity contribution in [2.24, 2.45) is 5.92 Å². The molecule has 2 aliphatic heterocycles. The van der Waals surface area contributed by atoms with E-state index in [1.54, 1.807) is 18.0 Å². The van der Waals surface area contributed by atoms with Crippen LogP contribution in [0.15, 0.2) is 73.1 Å². The van der Waals surface area contributed by atoms with Crippen LogP contribution in [-0.4, -0.2) is 106 Å². The summed E-state index contributed by atoms with van der Waals surface area (Å²) in [6.07, 6.45) is 8.98. The van der Waals surface area contributed by atoms with Crippen LogP contribution < -0.4 is 10.6 Å². The summed E-state index contributed by atoms with van der Waals surface area (Å²) in [5, 5.41) is 7.65. The second-order valence-electron chi connectivity index (χ2n) is 16.3. The van der Waals surface area contributed by atoms with Gasteiger partial charge in [-0.2, -0.15) is 0 Å². The summed E-state index contributed by atoms with van der Waals surface area (Å²) >= 11 is 0. The molecule has 1 saturated carbocycles. The minimum absolute atomic E-state index is 0.0649. The van der Waals surface area contributed by atoms with Gasteiger partial charge in [0.2, 0.25) is 11.8 Å². The number of ether oxygens (including phenoxy) is 3. The fraction of sp³-hybridized carbons (Fsp3) is 0.435. The third-order valence-electron chi connectivity index (χ3n) is 12.7. The first kappa shape index (κ1) is 41.5. The Kier molecular flexibility index (Phi) is 12.4. The summed E-state index contributed by atoms with van der Waals surface area (Å²) in [4.78, 5) is 71.9. The van der Waals surface area contributed by atoms with E-state index in [0.29, 0.717) is 18.9 Å². The Hall–Kier alpha value is -6.22. The lowest BCUT2D eigenvalue weighted by Gasteiger charge is -2.31. The fourth-order valence-electron chi connectivity index (χ4n) is 9.29. The molecule has 1 aliphatic carbocycles. The molecular formula is C46H54N8O7. The molecule has 4 heterocycles. The molecule has 61 heavy (non-hydrogen) atoms. The lowest BCUT2D eigenvalue weighted by atomic mass is 9.96. The number of likely N-dealkylation sites (tertiary alicyclic amines) is 2. The van der Waals surface area contributed by atoms with Crippen LogP contribution in [0, 0.1) is 5.92 Å². The number of fused-ring (bicyclic) bond motifs is 1. The zero-order chi connectivity index (χ0) is 42.6. The number of hydrogen-bond acceptors (Lipinski definition) is 9. The first-order valence-electron chi connectivity index (χ1n) is 21.2. The van der Waals surface area contributed by atoms with Crippen LogP contribution in [0.2, 0.25) is 0 Å². The summed E-state index contributed by atoms with van der Waals surface area (Å²) in [5.41, 5.74) is 5.87. The SMILES string of the molecule is COC(=O)NC(C(=O)N1CCC[C@H]1c1ncc(-c2ccc3cc(-c4ccc(-c5cnc([C@@H]6CCCN6C(=O)[C@@H](NC(=O)OC)C6CCCC6)[nH]5)cc4)ccc3c2)[nH]1)[C@@H](C)OC. The first-order valence-corrected chi connectivity index (χ1v) is 21.2. The molecule has 2 saturated heterocycles. The number of benzene rings is 3. The van der Waals surface area contributed by atoms with Crippen molar-refractivity contribution in [3.63, 3.8) is 0 Å². The van der Waals surface area contributed by atoms with E-state index >= 15 is 0 Å². The number of amides is 4. The molecule has 3 aromatic carbocycles. The molecule has 0 bridgehead atoms. The van der Waals surface area contributed by atoms with E-state index in [-0.39, 0.29) is 29.8 Å². The standard InChI is InChI=1S/C46H54N8O7/c1-27(59-2)39(51-45(57)60-3)43(55)53-21-7-11-37(53)42-48-26-36(50-42)34-20-19-32-23-31(17-18-33(32)24-34)28-13-15-29(16-14-28)35-25-47-41(49-35)38-12-8-22-54(38)44(56)40(52-46(58)61-4)30-9-5-6-10-30/h13-20,23-27,30,37-40H,5-12,21-22H2,1-4H3,(H,47,49)(H,48,50)(H,51,57)(H,52,58)/t27-,37+,38+,39?,40+/m1/s1. The van der Waals surface area contributed by atoms with E-state index in [4.69, 9.17) is 24.2 Å². The number of imidazole rings is 2. The molecule has 4 N–H and O–H groups in total. The summed E-state index contributed by atoms with van der Waals surface area (Å²) in [5.74, 6) is 1.24. The quantitative estimate of drug-likeness (QED) is 0.100. The molecule has 5 atom stereocenters. The van der Waals surface area contributed by atoms with E-state index in [9.17, 15) is 19.2 Å². The summed E-state index contributed by atoms with van der Waals surface area (Å²) in [7, 11) is 4.09. The van der Waals surface area contributed by atoms with Crippen LogP contribution in [0.3, 0.4) is 0 Å². The van der Waals surface area contributed by atoms with Crippen molar-refractivity contribution in [1.29, 1.82) is 0 Å². The average molecular weight is 831 g/mol. The van der Waals surface area contributed by atoms with Crippen molar-refractivity contribution < 1.29 is 33.4 Å². The summed E-state index contributed by atoms with van der Waals surface area (Å²) in [6, 6.07) is 19.2. The number of aromatic amines is 2. The Morgan fingerprint density at radius 3 is 1.74 bits per heavy atom. The number of aromatic nitrogens is 4. The maximum Gasteiger partial charge on any atom is 0.407 e. The predicted octanol–water partition coefficient (Wildman–Crippen LogP) is 7.29. The highest BCUT2D eigenvalue weighted by molar-refractivity contribution is 5.91. The zero-order valence-corrected chi connectivity index (χ0v) is 35.1. The highest BCUT2D eigenvalue weighted by Crippen LogP contribution is 2.37. The van der Waals surface area contributed by atoms with Gasteiger partial charge in [0.05, 0.1) is 56.2 Å². The van der Waals surface area contributed by atoms with Gasteiger partial charge in [0.15, 0.2) is 0 Å². The van der Waals surface area contributed by atoms with Gasteiger partial charge >= 0.3 is 12.2 Å². The summed E-state index contributed by atoms with van der Waals surface area (Å²) in [6.45, 7) is 2.91. The average Bonchev–Trinajstić information content (AvgIpc) is 4.15. The van der Waals surface area contributed by atoms with Crippen molar-refractivity contribution in [3.8, 4) is 33.6 Å². The van der Waals surface area contributed by atoms with Gasteiger partial charge in [-0.15, -0.1) is 0 Å². The van der Waals surface area contributed by atoms with Gasteiger partial charge in [-0.05, 0) is 91.0 Å². The second kappa shape index (κ2) is 18.2. The predicted molar refractivity (Wildman–Crippen MR) is 229 cm³/mol. The van der Waals surface area contributed by atoms with Crippen molar-refractivity contribution in [2.75, 3.05) is 34.4 Å². The van der Waals surface area contributed by atoms with E-state index in [1.165, 1.54) is 21.3 Å². The molecule has 5 aromatic rings. The Balaban J connectivity index is 0.936. The molecule has 3 fully saturated rings. The number of H-pyrrole nitrogens is 2. The largest absolute Gasteiger partial charge is 0.453 e. The number of rotatable bonds is 12. The summed E-state index contributed by atoms with van der Waals surface area (Å²) < 4.78 is 15.0. The molecule has 15 heteroatoms. The van der Waals surface area contributed by atoms with Crippen LogP contribution in [0.25, 0.3) is 44.4 Å². The van der Waals surface area contributed by atoms with Gasteiger partial charge in [0, 0.05) is 25.8 Å². The van der Waals surface area contributed by atoms with Crippen LogP contribution in [-0.2, 0) is 23.8 Å². The van der Waals surface area contributed by atoms with Gasteiger partial charge in [0.25, 0.3) is 0 Å². The highest BCUT2D eigenvalue weighted by atomic mass is 16.5. The third kappa shape index (κ3) is 8.69. The third-order valence-corrected chi connectivity index (χ3v) is 12.7. The van der Waals surface area contributed by atoms with Crippen molar-refractivity contribution in [1.82, 2.24) is 40.4 Å². The Labute approximate surface area is 354 Å². The van der Waals surface area contributed by atoms with Crippen LogP contribution >= 0.6 is 0 Å². The number of nitrogens with one attached hydrogen (secondary N) is 4. The molecule has 3 aliphatic rings. The van der Waals surface area contributed by atoms with Gasteiger partial charge in [-0.25, -0.2) is 19.6 Å². The molecule has 8 rings (SSSR count). The Morgan fingerprint density at radius 2 is 1.15 bits per heavy atom. The van der Waals surface area contributed by atoms with E-state index in [2.05, 4.69) is 81.3 Å². The molecule has 2 aromatic heterocycles. The number of nitrogens with zero attached hydrogens (tertiary/aromatic N) is 4. The van der Waals surface area contributed by atoms with Crippen molar-refractivity contribution in [3.05, 3.63) is 84.7 Å². The minimum atomic E-state index is -0.895. The number of hydrogen-bond donors (Lipinski definition) is 4. The molecule has 4 amide bonds. The van der Waals surface area contributed by atoms with Gasteiger partial charge < -0.3 is 44.6 Å². The number of carbonyl (C=O) groups excluding carboxylic acids is 4. The smallest absolute Gasteiger partial charge is 0.407 e. The van der Waals surface area contributed by atoms with E-state index in [0.717, 1.165) is 102 Å². The lowest BCUT2D eigenvalue weighted by Crippen LogP contribution is -2.54. The molecular weight excluding hydrogens is 777 g/mol. The maximum absolute atomic E-state index is 13.9. The van der Waals surface area contributed by atoms with Crippen molar-refractivity contribution in [2.45, 2.75) is 88.6 Å². The molecule has 0 radical (unpaired) electrons. The number of methoxy groups -OCH3 is 3. The first-order chi connectivity index (χ1) is 29.6. The molecule has 320 valence electrons. The number of carbonyl (C=O) groups is 4. The van der Waals surface area contributed by atoms with Gasteiger partial charge in [0.1, 0.15) is 23.7 Å². The van der Waals surface area contributed by atoms with Crippen LogP contribution in [0.1, 0.15) is 82.0 Å². The second-order valence-corrected chi connectivity index (χ2v) is 16.3. The maximum atomic E-state index is 13.9. The minimum Gasteiger partial charge on any atom is -0.453 e.